The van der Waals surface area contributed by atoms with Crippen molar-refractivity contribution in [1.29, 1.82) is 5.26 Å². The minimum Gasteiger partial charge on any atom is -0.468 e. The topological polar surface area (TPSA) is 62.1 Å². The second kappa shape index (κ2) is 5.89. The number of carbonyl (C=O) groups is 1. The average molecular weight is 218 g/mol. The van der Waals surface area contributed by atoms with Crippen molar-refractivity contribution in [1.82, 2.24) is 5.32 Å². The fraction of sp³-hybridized carbons (Fsp3) is 0.333. The lowest BCUT2D eigenvalue weighted by molar-refractivity contribution is -0.139. The van der Waals surface area contributed by atoms with E-state index in [4.69, 9.17) is 5.26 Å². The molecule has 1 atom stereocenters. The molecule has 0 fully saturated rings. The predicted molar refractivity (Wildman–Crippen MR) is 59.6 cm³/mol. The number of ether oxygens (including phenoxy) is 1. The number of nitriles is 1. The van der Waals surface area contributed by atoms with E-state index in [0.717, 1.165) is 11.1 Å². The maximum atomic E-state index is 10.9. The zero-order valence-corrected chi connectivity index (χ0v) is 9.36. The standard InChI is InChI=1S/C12H14N2O2/c1-9-3-5-10(6-4-9)11(7-13)14-8-12(15)16-2/h3-6,11,14H,8H2,1-2H3. The molecule has 0 amide bonds. The van der Waals surface area contributed by atoms with Crippen LogP contribution in [-0.4, -0.2) is 19.6 Å². The summed E-state index contributed by atoms with van der Waals surface area (Å²) in [6.07, 6.45) is 0. The Bertz CT molecular complexity index is 392. The van der Waals surface area contributed by atoms with Gasteiger partial charge in [-0.05, 0) is 12.5 Å². The van der Waals surface area contributed by atoms with E-state index in [1.807, 2.05) is 31.2 Å². The highest BCUT2D eigenvalue weighted by molar-refractivity contribution is 5.71. The number of nitrogens with zero attached hydrogens (tertiary/aromatic N) is 1. The molecule has 0 aliphatic carbocycles. The van der Waals surface area contributed by atoms with Crippen molar-refractivity contribution in [2.45, 2.75) is 13.0 Å². The summed E-state index contributed by atoms with van der Waals surface area (Å²) < 4.78 is 4.49. The Kier molecular flexibility index (Phi) is 4.49. The van der Waals surface area contributed by atoms with Gasteiger partial charge in [0.15, 0.2) is 0 Å². The van der Waals surface area contributed by atoms with E-state index in [1.165, 1.54) is 7.11 Å². The molecule has 1 unspecified atom stereocenters. The second-order valence-electron chi connectivity index (χ2n) is 3.43. The lowest BCUT2D eigenvalue weighted by Gasteiger charge is -2.10. The molecule has 0 heterocycles. The van der Waals surface area contributed by atoms with Crippen molar-refractivity contribution in [2.75, 3.05) is 13.7 Å². The van der Waals surface area contributed by atoms with Gasteiger partial charge in [0.05, 0.1) is 19.7 Å². The lowest BCUT2D eigenvalue weighted by atomic mass is 10.1. The summed E-state index contributed by atoms with van der Waals surface area (Å²) in [5.74, 6) is -0.382. The largest absolute Gasteiger partial charge is 0.468 e. The first kappa shape index (κ1) is 12.2. The highest BCUT2D eigenvalue weighted by atomic mass is 16.5. The summed E-state index contributed by atoms with van der Waals surface area (Å²) >= 11 is 0. The van der Waals surface area contributed by atoms with E-state index in [9.17, 15) is 4.79 Å². The van der Waals surface area contributed by atoms with Gasteiger partial charge in [-0.3, -0.25) is 10.1 Å². The summed E-state index contributed by atoms with van der Waals surface area (Å²) in [5, 5.41) is 11.8. The first-order valence-corrected chi connectivity index (χ1v) is 4.93. The molecule has 0 aliphatic heterocycles. The molecular weight excluding hydrogens is 204 g/mol. The van der Waals surface area contributed by atoms with Gasteiger partial charge in [-0.15, -0.1) is 0 Å². The van der Waals surface area contributed by atoms with E-state index >= 15 is 0 Å². The third-order valence-corrected chi connectivity index (χ3v) is 2.22. The molecule has 4 nitrogen and oxygen atoms in total. The third-order valence-electron chi connectivity index (χ3n) is 2.22. The Hall–Kier alpha value is -1.86. The number of nitrogens with one attached hydrogen (secondary N) is 1. The molecule has 84 valence electrons. The van der Waals surface area contributed by atoms with Crippen LogP contribution in [0.25, 0.3) is 0 Å². The fourth-order valence-corrected chi connectivity index (χ4v) is 1.25. The van der Waals surface area contributed by atoms with Crippen LogP contribution in [0.15, 0.2) is 24.3 Å². The highest BCUT2D eigenvalue weighted by Gasteiger charge is 2.11. The molecule has 1 rings (SSSR count). The summed E-state index contributed by atoms with van der Waals surface area (Å²) in [4.78, 5) is 10.9. The molecule has 16 heavy (non-hydrogen) atoms. The van der Waals surface area contributed by atoms with Crippen LogP contribution >= 0.6 is 0 Å². The molecule has 1 N–H and O–H groups in total. The number of aryl methyl sites for hydroxylation is 1. The normalized spacial score (nSPS) is 11.6. The maximum Gasteiger partial charge on any atom is 0.319 e. The van der Waals surface area contributed by atoms with Gasteiger partial charge in [0.2, 0.25) is 0 Å². The Morgan fingerprint density at radius 2 is 2.12 bits per heavy atom. The summed E-state index contributed by atoms with van der Waals surface area (Å²) in [6.45, 7) is 2.01. The predicted octanol–water partition coefficient (Wildman–Crippen LogP) is 1.32. The van der Waals surface area contributed by atoms with Gasteiger partial charge < -0.3 is 4.74 Å². The molecule has 0 spiro atoms. The van der Waals surface area contributed by atoms with Crippen LogP contribution in [0, 0.1) is 18.3 Å². The number of methoxy groups -OCH3 is 1. The SMILES string of the molecule is COC(=O)CNC(C#N)c1ccc(C)cc1. The number of rotatable bonds is 4. The molecule has 0 saturated carbocycles. The van der Waals surface area contributed by atoms with Crippen LogP contribution in [0.3, 0.4) is 0 Å². The van der Waals surface area contributed by atoms with Crippen LogP contribution in [0.4, 0.5) is 0 Å². The first-order chi connectivity index (χ1) is 7.67. The molecular formula is C12H14N2O2. The van der Waals surface area contributed by atoms with Crippen molar-refractivity contribution in [3.05, 3.63) is 35.4 Å². The Balaban J connectivity index is 2.65. The van der Waals surface area contributed by atoms with Crippen molar-refractivity contribution in [3.8, 4) is 6.07 Å². The van der Waals surface area contributed by atoms with Crippen LogP contribution in [-0.2, 0) is 9.53 Å². The molecule has 0 bridgehead atoms. The Morgan fingerprint density at radius 1 is 1.50 bits per heavy atom. The monoisotopic (exact) mass is 218 g/mol. The summed E-state index contributed by atoms with van der Waals surface area (Å²) in [6, 6.07) is 9.21. The van der Waals surface area contributed by atoms with E-state index in [0.29, 0.717) is 0 Å². The molecule has 0 radical (unpaired) electrons. The van der Waals surface area contributed by atoms with E-state index in [2.05, 4.69) is 16.1 Å². The van der Waals surface area contributed by atoms with Crippen LogP contribution in [0.1, 0.15) is 17.2 Å². The van der Waals surface area contributed by atoms with Gasteiger partial charge in [-0.1, -0.05) is 29.8 Å². The smallest absolute Gasteiger partial charge is 0.319 e. The van der Waals surface area contributed by atoms with Crippen molar-refractivity contribution >= 4 is 5.97 Å². The van der Waals surface area contributed by atoms with Gasteiger partial charge in [-0.2, -0.15) is 5.26 Å². The maximum absolute atomic E-state index is 10.9. The van der Waals surface area contributed by atoms with E-state index in [-0.39, 0.29) is 12.5 Å². The van der Waals surface area contributed by atoms with Gasteiger partial charge in [0.25, 0.3) is 0 Å². The minimum atomic E-state index is -0.486. The summed E-state index contributed by atoms with van der Waals surface area (Å²) in [7, 11) is 1.32. The Morgan fingerprint density at radius 3 is 2.62 bits per heavy atom. The second-order valence-corrected chi connectivity index (χ2v) is 3.43. The van der Waals surface area contributed by atoms with Crippen LogP contribution < -0.4 is 5.32 Å². The molecule has 0 aromatic heterocycles. The third kappa shape index (κ3) is 3.37. The number of esters is 1. The van der Waals surface area contributed by atoms with E-state index < -0.39 is 6.04 Å². The first-order valence-electron chi connectivity index (χ1n) is 4.93. The zero-order chi connectivity index (χ0) is 12.0. The molecule has 1 aromatic carbocycles. The quantitative estimate of drug-likeness (QED) is 0.774. The van der Waals surface area contributed by atoms with Crippen molar-refractivity contribution < 1.29 is 9.53 Å². The number of hydrogen-bond donors (Lipinski definition) is 1. The van der Waals surface area contributed by atoms with Crippen molar-refractivity contribution in [2.24, 2.45) is 0 Å². The molecule has 1 aromatic rings. The van der Waals surface area contributed by atoms with E-state index in [1.54, 1.807) is 0 Å². The van der Waals surface area contributed by atoms with Gasteiger partial charge in [0, 0.05) is 0 Å². The molecule has 4 heteroatoms. The van der Waals surface area contributed by atoms with Crippen molar-refractivity contribution in [3.63, 3.8) is 0 Å². The molecule has 0 saturated heterocycles. The van der Waals surface area contributed by atoms with Crippen LogP contribution in [0.2, 0.25) is 0 Å². The number of carbonyl (C=O) groups excluding carboxylic acids is 1. The zero-order valence-electron chi connectivity index (χ0n) is 9.36. The Labute approximate surface area is 94.8 Å². The minimum absolute atomic E-state index is 0.0304. The van der Waals surface area contributed by atoms with Gasteiger partial charge in [0.1, 0.15) is 6.04 Å². The lowest BCUT2D eigenvalue weighted by Crippen LogP contribution is -2.27. The fourth-order valence-electron chi connectivity index (χ4n) is 1.25. The summed E-state index contributed by atoms with van der Waals surface area (Å²) in [5.41, 5.74) is 1.98. The number of benzene rings is 1. The van der Waals surface area contributed by atoms with Gasteiger partial charge in [-0.25, -0.2) is 0 Å². The van der Waals surface area contributed by atoms with Crippen LogP contribution in [0.5, 0.6) is 0 Å². The average Bonchev–Trinajstić information content (AvgIpc) is 2.31. The highest BCUT2D eigenvalue weighted by Crippen LogP contribution is 2.12. The van der Waals surface area contributed by atoms with Gasteiger partial charge >= 0.3 is 5.97 Å². The molecule has 0 aliphatic rings. The number of hydrogen-bond acceptors (Lipinski definition) is 4.